The van der Waals surface area contributed by atoms with E-state index in [9.17, 15) is 5.11 Å². The van der Waals surface area contributed by atoms with Crippen molar-refractivity contribution in [2.24, 2.45) is 0 Å². The van der Waals surface area contributed by atoms with Crippen molar-refractivity contribution in [2.45, 2.75) is 18.1 Å². The average Bonchev–Trinajstić information content (AvgIpc) is 2.02. The molecule has 0 heterocycles. The van der Waals surface area contributed by atoms with Gasteiger partial charge >= 0.3 is 0 Å². The van der Waals surface area contributed by atoms with Crippen molar-refractivity contribution in [1.29, 1.82) is 0 Å². The third-order valence-electron chi connectivity index (χ3n) is 2.02. The van der Waals surface area contributed by atoms with Crippen molar-refractivity contribution in [3.05, 3.63) is 0 Å². The monoisotopic (exact) mass is 180 g/mol. The van der Waals surface area contributed by atoms with Crippen LogP contribution in [0, 0.1) is 0 Å². The van der Waals surface area contributed by atoms with Crippen LogP contribution in [0.5, 0.6) is 0 Å². The van der Waals surface area contributed by atoms with E-state index in [4.69, 9.17) is 14.2 Å². The van der Waals surface area contributed by atoms with E-state index in [-0.39, 0.29) is 0 Å². The first-order valence-corrected chi connectivity index (χ1v) is 4.31. The van der Waals surface area contributed by atoms with Crippen LogP contribution in [0.1, 0.15) is 6.92 Å². The van der Waals surface area contributed by atoms with E-state index in [1.807, 2.05) is 0 Å². The highest BCUT2D eigenvalue weighted by molar-refractivity contribution is 6.14. The predicted molar refractivity (Wildman–Crippen MR) is 44.3 cm³/mol. The highest BCUT2D eigenvalue weighted by Crippen LogP contribution is 2.23. The minimum Gasteiger partial charge on any atom is -0.362 e. The van der Waals surface area contributed by atoms with Gasteiger partial charge in [-0.25, -0.2) is 0 Å². The highest BCUT2D eigenvalue weighted by Gasteiger charge is 2.44. The Labute approximate surface area is 69.9 Å². The van der Waals surface area contributed by atoms with Crippen molar-refractivity contribution in [1.82, 2.24) is 0 Å². The Morgan fingerprint density at radius 3 is 1.55 bits per heavy atom. The van der Waals surface area contributed by atoms with Crippen LogP contribution >= 0.6 is 0 Å². The van der Waals surface area contributed by atoms with Crippen molar-refractivity contribution in [3.63, 3.8) is 0 Å². The van der Waals surface area contributed by atoms with Gasteiger partial charge in [0.25, 0.3) is 0 Å². The largest absolute Gasteiger partial charge is 0.362 e. The van der Waals surface area contributed by atoms with E-state index in [2.05, 4.69) is 0 Å². The van der Waals surface area contributed by atoms with Gasteiger partial charge < -0.3 is 19.3 Å². The summed E-state index contributed by atoms with van der Waals surface area (Å²) >= 11 is 0. The summed E-state index contributed by atoms with van der Waals surface area (Å²) in [5, 5.41) is 9.60. The number of hydrogen-bond donors (Lipinski definition) is 1. The fourth-order valence-electron chi connectivity index (χ4n) is 0.647. The van der Waals surface area contributed by atoms with E-state index >= 15 is 0 Å². The maximum absolute atomic E-state index is 9.60. The van der Waals surface area contributed by atoms with Gasteiger partial charge in [-0.05, 0) is 6.92 Å². The quantitative estimate of drug-likeness (QED) is 0.429. The molecule has 0 aliphatic heterocycles. The minimum atomic E-state index is -1.39. The second-order valence-electron chi connectivity index (χ2n) is 2.54. The fraction of sp³-hybridized carbons (Fsp3) is 1.00. The molecule has 0 spiro atoms. The standard InChI is InChI=1S/C6H16O4Si/c1-5(7,8-2)6(11,9-3)10-4/h7H,1-4,11H3. The molecule has 0 radical (unpaired) electrons. The lowest BCUT2D eigenvalue weighted by Gasteiger charge is -2.38. The lowest BCUT2D eigenvalue weighted by atomic mass is 10.3. The zero-order valence-electron chi connectivity index (χ0n) is 7.67. The van der Waals surface area contributed by atoms with E-state index in [0.717, 1.165) is 0 Å². The van der Waals surface area contributed by atoms with Gasteiger partial charge in [-0.3, -0.25) is 0 Å². The van der Waals surface area contributed by atoms with E-state index in [0.29, 0.717) is 10.2 Å². The third-order valence-corrected chi connectivity index (χ3v) is 3.76. The summed E-state index contributed by atoms with van der Waals surface area (Å²) in [6.45, 7) is 1.51. The van der Waals surface area contributed by atoms with Crippen molar-refractivity contribution in [3.8, 4) is 0 Å². The van der Waals surface area contributed by atoms with Crippen LogP contribution in [-0.2, 0) is 14.2 Å². The normalized spacial score (nSPS) is 18.3. The molecule has 1 N–H and O–H groups in total. The number of rotatable bonds is 4. The van der Waals surface area contributed by atoms with Crippen LogP contribution in [-0.4, -0.2) is 47.9 Å². The molecule has 68 valence electrons. The molecule has 11 heavy (non-hydrogen) atoms. The molecule has 0 saturated carbocycles. The van der Waals surface area contributed by atoms with Gasteiger partial charge in [0.05, 0.1) is 10.2 Å². The molecule has 0 fully saturated rings. The van der Waals surface area contributed by atoms with Gasteiger partial charge in [0.15, 0.2) is 5.41 Å². The summed E-state index contributed by atoms with van der Waals surface area (Å²) in [4.78, 5) is 0. The first kappa shape index (κ1) is 11.1. The van der Waals surface area contributed by atoms with E-state index < -0.39 is 11.2 Å². The van der Waals surface area contributed by atoms with Crippen molar-refractivity contribution < 1.29 is 19.3 Å². The Hall–Kier alpha value is 0.0569. The summed E-state index contributed by atoms with van der Waals surface area (Å²) in [5.74, 6) is -1.39. The highest BCUT2D eigenvalue weighted by atomic mass is 28.1. The lowest BCUT2D eigenvalue weighted by molar-refractivity contribution is -0.332. The summed E-state index contributed by atoms with van der Waals surface area (Å²) < 4.78 is 14.8. The van der Waals surface area contributed by atoms with Gasteiger partial charge in [0.2, 0.25) is 5.79 Å². The summed E-state index contributed by atoms with van der Waals surface area (Å²) in [6.07, 6.45) is 0. The molecular weight excluding hydrogens is 164 g/mol. The van der Waals surface area contributed by atoms with Crippen LogP contribution in [0.2, 0.25) is 0 Å². The molecule has 0 aromatic rings. The number of hydrogen-bond acceptors (Lipinski definition) is 4. The first-order valence-electron chi connectivity index (χ1n) is 3.31. The van der Waals surface area contributed by atoms with Crippen LogP contribution in [0.3, 0.4) is 0 Å². The Balaban J connectivity index is 4.47. The Kier molecular flexibility index (Phi) is 3.66. The van der Waals surface area contributed by atoms with Gasteiger partial charge in [0.1, 0.15) is 0 Å². The van der Waals surface area contributed by atoms with Crippen LogP contribution in [0.25, 0.3) is 0 Å². The van der Waals surface area contributed by atoms with Crippen molar-refractivity contribution >= 4 is 10.2 Å². The molecule has 0 rings (SSSR count). The zero-order valence-corrected chi connectivity index (χ0v) is 9.67. The minimum absolute atomic E-state index is 0.518. The maximum atomic E-state index is 9.60. The second kappa shape index (κ2) is 3.64. The molecule has 0 aromatic heterocycles. The molecule has 4 nitrogen and oxygen atoms in total. The Bertz CT molecular complexity index is 122. The molecule has 0 aromatic carbocycles. The SMILES string of the molecule is COC(C)(O)C([SiH3])(OC)OC. The zero-order chi connectivity index (χ0) is 9.12. The summed E-state index contributed by atoms with van der Waals surface area (Å²) in [7, 11) is 4.88. The second-order valence-corrected chi connectivity index (χ2v) is 3.86. The Morgan fingerprint density at radius 1 is 1.09 bits per heavy atom. The third kappa shape index (κ3) is 2.00. The molecule has 0 saturated heterocycles. The molecular formula is C6H16O4Si. The number of ether oxygens (including phenoxy) is 3. The molecule has 0 bridgehead atoms. The predicted octanol–water partition coefficient (Wildman–Crippen LogP) is -1.35. The molecule has 1 unspecified atom stereocenters. The molecule has 1 atom stereocenters. The topological polar surface area (TPSA) is 47.9 Å². The molecule has 0 amide bonds. The molecule has 0 aliphatic carbocycles. The van der Waals surface area contributed by atoms with Gasteiger partial charge in [-0.15, -0.1) is 0 Å². The fourth-order valence-corrected chi connectivity index (χ4v) is 0.852. The summed E-state index contributed by atoms with van der Waals surface area (Å²) in [5.41, 5.74) is -0.998. The number of methoxy groups -OCH3 is 3. The lowest BCUT2D eigenvalue weighted by Crippen LogP contribution is -2.56. The van der Waals surface area contributed by atoms with Gasteiger partial charge in [0, 0.05) is 21.3 Å². The van der Waals surface area contributed by atoms with E-state index in [1.54, 1.807) is 0 Å². The number of aliphatic hydroxyl groups is 1. The van der Waals surface area contributed by atoms with Gasteiger partial charge in [-0.1, -0.05) is 0 Å². The first-order chi connectivity index (χ1) is 4.93. The molecule has 5 heteroatoms. The average molecular weight is 180 g/mol. The van der Waals surface area contributed by atoms with Crippen LogP contribution in [0.4, 0.5) is 0 Å². The van der Waals surface area contributed by atoms with Gasteiger partial charge in [-0.2, -0.15) is 0 Å². The maximum Gasteiger partial charge on any atom is 0.212 e. The van der Waals surface area contributed by atoms with Crippen LogP contribution in [0.15, 0.2) is 0 Å². The van der Waals surface area contributed by atoms with Crippen LogP contribution < -0.4 is 0 Å². The molecule has 0 aliphatic rings. The smallest absolute Gasteiger partial charge is 0.212 e. The van der Waals surface area contributed by atoms with Crippen molar-refractivity contribution in [2.75, 3.05) is 21.3 Å². The Morgan fingerprint density at radius 2 is 1.45 bits per heavy atom. The van der Waals surface area contributed by atoms with E-state index in [1.165, 1.54) is 28.3 Å². The summed E-state index contributed by atoms with van der Waals surface area (Å²) in [6, 6.07) is 0.